The Morgan fingerprint density at radius 3 is 2.89 bits per heavy atom. The van der Waals surface area contributed by atoms with Crippen LogP contribution in [0.1, 0.15) is 16.8 Å². The molecule has 1 aromatic carbocycles. The van der Waals surface area contributed by atoms with E-state index in [9.17, 15) is 9.90 Å². The van der Waals surface area contributed by atoms with Crippen LogP contribution in [0.2, 0.25) is 5.02 Å². The molecule has 0 unspecified atom stereocenters. The number of hydrogen-bond donors (Lipinski definition) is 3. The van der Waals surface area contributed by atoms with Gasteiger partial charge in [-0.25, -0.2) is 4.79 Å². The molecule has 19 heavy (non-hydrogen) atoms. The van der Waals surface area contributed by atoms with Gasteiger partial charge in [0.2, 0.25) is 0 Å². The fourth-order valence-electron chi connectivity index (χ4n) is 1.81. The fourth-order valence-corrected chi connectivity index (χ4v) is 1.98. The van der Waals surface area contributed by atoms with Crippen LogP contribution in [-0.4, -0.2) is 34.3 Å². The molecule has 0 radical (unpaired) electrons. The lowest BCUT2D eigenvalue weighted by Gasteiger charge is -2.12. The first-order valence-electron chi connectivity index (χ1n) is 5.80. The maximum Gasteiger partial charge on any atom is 0.339 e. The molecule has 0 aliphatic rings. The second-order valence-corrected chi connectivity index (χ2v) is 4.45. The molecule has 2 aromatic rings. The average molecular weight is 281 g/mol. The fraction of sp³-hybridized carbons (Fsp3) is 0.231. The van der Waals surface area contributed by atoms with Crippen LogP contribution in [0.25, 0.3) is 10.9 Å². The Hall–Kier alpha value is -1.85. The van der Waals surface area contributed by atoms with E-state index in [1.165, 1.54) is 6.20 Å². The molecule has 100 valence electrons. The highest BCUT2D eigenvalue weighted by Crippen LogP contribution is 2.28. The van der Waals surface area contributed by atoms with Crippen LogP contribution in [-0.2, 0) is 0 Å². The molecule has 2 rings (SSSR count). The molecule has 0 saturated carbocycles. The highest BCUT2D eigenvalue weighted by Gasteiger charge is 2.14. The summed E-state index contributed by atoms with van der Waals surface area (Å²) < 4.78 is 0. The third-order valence-electron chi connectivity index (χ3n) is 2.70. The highest BCUT2D eigenvalue weighted by molar-refractivity contribution is 6.31. The Kier molecular flexibility index (Phi) is 4.19. The predicted octanol–water partition coefficient (Wildman–Crippen LogP) is 2.38. The zero-order valence-electron chi connectivity index (χ0n) is 10.1. The van der Waals surface area contributed by atoms with Gasteiger partial charge in [-0.05, 0) is 24.6 Å². The van der Waals surface area contributed by atoms with Crippen LogP contribution in [0.5, 0.6) is 0 Å². The second-order valence-electron chi connectivity index (χ2n) is 4.02. The molecule has 0 saturated heterocycles. The Labute approximate surface area is 114 Å². The summed E-state index contributed by atoms with van der Waals surface area (Å²) in [5.74, 6) is -1.05. The van der Waals surface area contributed by atoms with Crippen LogP contribution in [0.15, 0.2) is 24.4 Å². The smallest absolute Gasteiger partial charge is 0.339 e. The Morgan fingerprint density at radius 1 is 1.42 bits per heavy atom. The zero-order chi connectivity index (χ0) is 13.8. The summed E-state index contributed by atoms with van der Waals surface area (Å²) in [4.78, 5) is 15.3. The summed E-state index contributed by atoms with van der Waals surface area (Å²) in [5, 5.41) is 22.2. The number of halogens is 1. The van der Waals surface area contributed by atoms with Gasteiger partial charge in [0.15, 0.2) is 0 Å². The van der Waals surface area contributed by atoms with E-state index in [0.29, 0.717) is 34.6 Å². The van der Waals surface area contributed by atoms with Crippen molar-refractivity contribution in [2.45, 2.75) is 6.42 Å². The highest BCUT2D eigenvalue weighted by atomic mass is 35.5. The van der Waals surface area contributed by atoms with Crippen molar-refractivity contribution in [2.24, 2.45) is 0 Å². The van der Waals surface area contributed by atoms with E-state index in [1.54, 1.807) is 18.2 Å². The molecular weight excluding hydrogens is 268 g/mol. The van der Waals surface area contributed by atoms with Crippen molar-refractivity contribution in [1.29, 1.82) is 0 Å². The van der Waals surface area contributed by atoms with Crippen molar-refractivity contribution in [3.8, 4) is 0 Å². The van der Waals surface area contributed by atoms with Crippen molar-refractivity contribution in [3.05, 3.63) is 35.0 Å². The second kappa shape index (κ2) is 5.86. The summed E-state index contributed by atoms with van der Waals surface area (Å²) in [5.41, 5.74) is 1.24. The third kappa shape index (κ3) is 2.94. The third-order valence-corrected chi connectivity index (χ3v) is 2.93. The molecule has 0 aliphatic carbocycles. The van der Waals surface area contributed by atoms with Gasteiger partial charge in [0.05, 0.1) is 11.2 Å². The first-order valence-corrected chi connectivity index (χ1v) is 6.17. The number of nitrogens with zero attached hydrogens (tertiary/aromatic N) is 1. The quantitative estimate of drug-likeness (QED) is 0.733. The minimum absolute atomic E-state index is 0.0409. The maximum absolute atomic E-state index is 11.2. The number of carboxylic acid groups (broad SMARTS) is 1. The molecule has 0 amide bonds. The molecule has 0 bridgehead atoms. The Morgan fingerprint density at radius 2 is 2.21 bits per heavy atom. The predicted molar refractivity (Wildman–Crippen MR) is 73.9 cm³/mol. The SMILES string of the molecule is O=C(O)c1cnc2ccc(Cl)cc2c1NCCCO. The summed E-state index contributed by atoms with van der Waals surface area (Å²) in [6, 6.07) is 5.12. The Balaban J connectivity index is 2.54. The van der Waals surface area contributed by atoms with E-state index >= 15 is 0 Å². The van der Waals surface area contributed by atoms with Crippen LogP contribution in [0, 0.1) is 0 Å². The molecule has 5 nitrogen and oxygen atoms in total. The number of aromatic carboxylic acids is 1. The van der Waals surface area contributed by atoms with Crippen molar-refractivity contribution < 1.29 is 15.0 Å². The van der Waals surface area contributed by atoms with Gasteiger partial charge in [-0.15, -0.1) is 0 Å². The van der Waals surface area contributed by atoms with Crippen molar-refractivity contribution in [1.82, 2.24) is 4.98 Å². The molecule has 0 atom stereocenters. The number of nitrogens with one attached hydrogen (secondary N) is 1. The minimum Gasteiger partial charge on any atom is -0.478 e. The molecule has 3 N–H and O–H groups in total. The summed E-state index contributed by atoms with van der Waals surface area (Å²) in [7, 11) is 0. The zero-order valence-corrected chi connectivity index (χ0v) is 10.8. The first kappa shape index (κ1) is 13.6. The number of carboxylic acids is 1. The minimum atomic E-state index is -1.05. The largest absolute Gasteiger partial charge is 0.478 e. The number of anilines is 1. The number of carbonyl (C=O) groups is 1. The lowest BCUT2D eigenvalue weighted by atomic mass is 10.1. The van der Waals surface area contributed by atoms with Gasteiger partial charge in [-0.1, -0.05) is 11.6 Å². The normalized spacial score (nSPS) is 10.6. The van der Waals surface area contributed by atoms with E-state index in [-0.39, 0.29) is 12.2 Å². The van der Waals surface area contributed by atoms with Crippen LogP contribution in [0.3, 0.4) is 0 Å². The van der Waals surface area contributed by atoms with Crippen LogP contribution < -0.4 is 5.32 Å². The number of hydrogen-bond acceptors (Lipinski definition) is 4. The van der Waals surface area contributed by atoms with Crippen LogP contribution in [0.4, 0.5) is 5.69 Å². The molecule has 0 spiro atoms. The lowest BCUT2D eigenvalue weighted by Crippen LogP contribution is -2.10. The number of aromatic nitrogens is 1. The van der Waals surface area contributed by atoms with E-state index in [1.807, 2.05) is 0 Å². The van der Waals surface area contributed by atoms with Gasteiger partial charge in [0.25, 0.3) is 0 Å². The van der Waals surface area contributed by atoms with Crippen LogP contribution >= 0.6 is 11.6 Å². The molecule has 1 aromatic heterocycles. The lowest BCUT2D eigenvalue weighted by molar-refractivity contribution is 0.0697. The molecular formula is C13H13ClN2O3. The molecule has 6 heteroatoms. The standard InChI is InChI=1S/C13H13ClN2O3/c14-8-2-3-11-9(6-8)12(15-4-1-5-17)10(7-16-11)13(18)19/h2-3,6-7,17H,1,4-5H2,(H,15,16)(H,18,19). The van der Waals surface area contributed by atoms with Gasteiger partial charge in [0, 0.05) is 29.8 Å². The maximum atomic E-state index is 11.2. The van der Waals surface area contributed by atoms with E-state index in [0.717, 1.165) is 0 Å². The number of fused-ring (bicyclic) bond motifs is 1. The van der Waals surface area contributed by atoms with E-state index in [4.69, 9.17) is 16.7 Å². The van der Waals surface area contributed by atoms with Gasteiger partial charge in [-0.2, -0.15) is 0 Å². The monoisotopic (exact) mass is 280 g/mol. The van der Waals surface area contributed by atoms with E-state index in [2.05, 4.69) is 10.3 Å². The van der Waals surface area contributed by atoms with Gasteiger partial charge < -0.3 is 15.5 Å². The first-order chi connectivity index (χ1) is 9.13. The Bertz CT molecular complexity index is 616. The number of rotatable bonds is 5. The van der Waals surface area contributed by atoms with Crippen molar-refractivity contribution in [3.63, 3.8) is 0 Å². The summed E-state index contributed by atoms with van der Waals surface area (Å²) in [6.07, 6.45) is 1.85. The average Bonchev–Trinajstić information content (AvgIpc) is 2.38. The van der Waals surface area contributed by atoms with Gasteiger partial charge >= 0.3 is 5.97 Å². The number of aliphatic hydroxyl groups is 1. The number of aliphatic hydroxyl groups excluding tert-OH is 1. The summed E-state index contributed by atoms with van der Waals surface area (Å²) in [6.45, 7) is 0.515. The van der Waals surface area contributed by atoms with Gasteiger partial charge in [0.1, 0.15) is 5.56 Å². The topological polar surface area (TPSA) is 82.5 Å². The summed E-state index contributed by atoms with van der Waals surface area (Å²) >= 11 is 5.94. The molecule has 1 heterocycles. The van der Waals surface area contributed by atoms with Crippen molar-refractivity contribution >= 4 is 34.2 Å². The number of benzene rings is 1. The van der Waals surface area contributed by atoms with E-state index < -0.39 is 5.97 Å². The van der Waals surface area contributed by atoms with Crippen molar-refractivity contribution in [2.75, 3.05) is 18.5 Å². The molecule has 0 fully saturated rings. The molecule has 0 aliphatic heterocycles. The number of pyridine rings is 1. The van der Waals surface area contributed by atoms with Gasteiger partial charge in [-0.3, -0.25) is 4.98 Å².